The predicted octanol–water partition coefficient (Wildman–Crippen LogP) is 2.35. The molecule has 0 aliphatic rings. The maximum atomic E-state index is 11.7. The van der Waals surface area contributed by atoms with Crippen LogP contribution in [0.3, 0.4) is 0 Å². The van der Waals surface area contributed by atoms with Crippen LogP contribution >= 0.6 is 11.6 Å². The Hall–Kier alpha value is -0.980. The lowest BCUT2D eigenvalue weighted by atomic mass is 10.3. The van der Waals surface area contributed by atoms with Crippen molar-refractivity contribution in [1.29, 1.82) is 0 Å². The Kier molecular flexibility index (Phi) is 4.40. The van der Waals surface area contributed by atoms with Gasteiger partial charge in [0.05, 0.1) is 9.95 Å². The van der Waals surface area contributed by atoms with Gasteiger partial charge in [-0.15, -0.1) is 0 Å². The Morgan fingerprint density at radius 1 is 1.56 bits per heavy atom. The molecule has 88 valence electrons. The molecular weight excluding hydrogens is 252 g/mol. The Bertz CT molecular complexity index is 414. The van der Waals surface area contributed by atoms with Gasteiger partial charge in [0.25, 0.3) is 0 Å². The zero-order valence-electron chi connectivity index (χ0n) is 8.60. The second kappa shape index (κ2) is 5.38. The van der Waals surface area contributed by atoms with Crippen molar-refractivity contribution < 1.29 is 9.48 Å². The largest absolute Gasteiger partial charge is 0.611 e. The van der Waals surface area contributed by atoms with Crippen LogP contribution in [-0.4, -0.2) is 15.2 Å². The van der Waals surface area contributed by atoms with Crippen LogP contribution in [0.1, 0.15) is 13.3 Å². The lowest BCUT2D eigenvalue weighted by Gasteiger charge is -2.10. The number of nitro benzene ring substituents is 1. The van der Waals surface area contributed by atoms with Crippen molar-refractivity contribution in [2.45, 2.75) is 18.2 Å². The highest BCUT2D eigenvalue weighted by Gasteiger charge is 2.28. The summed E-state index contributed by atoms with van der Waals surface area (Å²) in [4.78, 5) is 10.3. The number of anilines is 1. The van der Waals surface area contributed by atoms with Gasteiger partial charge in [-0.2, -0.15) is 0 Å². The van der Waals surface area contributed by atoms with E-state index < -0.39 is 16.1 Å². The molecule has 0 aliphatic carbocycles. The quantitative estimate of drug-likeness (QED) is 0.390. The number of nitrogen functional groups attached to an aromatic ring is 1. The highest BCUT2D eigenvalue weighted by molar-refractivity contribution is 7.91. The number of nitrogens with zero attached hydrogens (tertiary/aromatic N) is 1. The molecule has 0 amide bonds. The van der Waals surface area contributed by atoms with E-state index in [1.54, 1.807) is 0 Å². The first-order chi connectivity index (χ1) is 7.49. The van der Waals surface area contributed by atoms with Crippen LogP contribution in [0.15, 0.2) is 17.0 Å². The molecule has 5 nitrogen and oxygen atoms in total. The first-order valence-electron chi connectivity index (χ1n) is 4.59. The van der Waals surface area contributed by atoms with E-state index in [1.807, 2.05) is 6.92 Å². The van der Waals surface area contributed by atoms with E-state index in [2.05, 4.69) is 0 Å². The second-order valence-electron chi connectivity index (χ2n) is 3.11. The normalized spacial score (nSPS) is 12.4. The number of hydrogen-bond acceptors (Lipinski definition) is 4. The standard InChI is InChI=1S/C9H11ClN2O3S/c1-2-5-16(15)7-4-3-6(10)8(11)9(7)12(13)14/h3-4H,2,5,11H2,1H3. The van der Waals surface area contributed by atoms with E-state index in [9.17, 15) is 14.7 Å². The average Bonchev–Trinajstić information content (AvgIpc) is 2.21. The summed E-state index contributed by atoms with van der Waals surface area (Å²) in [6.07, 6.45) is 0.673. The van der Waals surface area contributed by atoms with E-state index in [1.165, 1.54) is 12.1 Å². The first kappa shape index (κ1) is 13.1. The molecule has 0 aliphatic heterocycles. The number of nitrogens with two attached hydrogens (primary N) is 1. The van der Waals surface area contributed by atoms with Crippen molar-refractivity contribution in [3.05, 3.63) is 27.3 Å². The van der Waals surface area contributed by atoms with Gasteiger partial charge in [0.1, 0.15) is 11.4 Å². The Balaban J connectivity index is 3.28. The van der Waals surface area contributed by atoms with E-state index in [0.29, 0.717) is 12.2 Å². The fourth-order valence-corrected chi connectivity index (χ4v) is 2.59. The zero-order chi connectivity index (χ0) is 12.3. The molecular formula is C9H11ClN2O3S. The summed E-state index contributed by atoms with van der Waals surface area (Å²) in [5, 5.41) is 10.9. The van der Waals surface area contributed by atoms with Gasteiger partial charge < -0.3 is 10.3 Å². The summed E-state index contributed by atoms with van der Waals surface area (Å²) < 4.78 is 11.7. The predicted molar refractivity (Wildman–Crippen MR) is 64.1 cm³/mol. The molecule has 0 fully saturated rings. The van der Waals surface area contributed by atoms with Gasteiger partial charge in [-0.1, -0.05) is 18.5 Å². The number of hydrogen-bond donors (Lipinski definition) is 1. The molecule has 1 aromatic rings. The molecule has 0 bridgehead atoms. The molecule has 0 saturated heterocycles. The van der Waals surface area contributed by atoms with Gasteiger partial charge in [0.15, 0.2) is 0 Å². The van der Waals surface area contributed by atoms with Gasteiger partial charge in [-0.3, -0.25) is 10.1 Å². The minimum absolute atomic E-state index is 0.101. The SMILES string of the molecule is CCC[S+]([O-])c1ccc(Cl)c(N)c1[N+](=O)[O-]. The van der Waals surface area contributed by atoms with Crippen LogP contribution in [0.25, 0.3) is 0 Å². The van der Waals surface area contributed by atoms with Crippen molar-refractivity contribution >= 4 is 34.2 Å². The van der Waals surface area contributed by atoms with Crippen LogP contribution in [0.4, 0.5) is 11.4 Å². The zero-order valence-corrected chi connectivity index (χ0v) is 10.2. The van der Waals surface area contributed by atoms with E-state index in [4.69, 9.17) is 17.3 Å². The molecule has 1 rings (SSSR count). The van der Waals surface area contributed by atoms with Gasteiger partial charge in [0, 0.05) is 6.07 Å². The molecule has 0 aromatic heterocycles. The topological polar surface area (TPSA) is 92.2 Å². The molecule has 16 heavy (non-hydrogen) atoms. The Labute approximate surface area is 101 Å². The molecule has 7 heteroatoms. The summed E-state index contributed by atoms with van der Waals surface area (Å²) >= 11 is 4.27. The number of nitro groups is 1. The highest BCUT2D eigenvalue weighted by Crippen LogP contribution is 2.35. The third-order valence-corrected chi connectivity index (χ3v) is 3.87. The van der Waals surface area contributed by atoms with Crippen molar-refractivity contribution in [3.8, 4) is 0 Å². The Morgan fingerprint density at radius 3 is 2.69 bits per heavy atom. The lowest BCUT2D eigenvalue weighted by molar-refractivity contribution is -0.386. The summed E-state index contributed by atoms with van der Waals surface area (Å²) in [6.45, 7) is 1.85. The Morgan fingerprint density at radius 2 is 2.19 bits per heavy atom. The fraction of sp³-hybridized carbons (Fsp3) is 0.333. The van der Waals surface area contributed by atoms with E-state index >= 15 is 0 Å². The molecule has 1 atom stereocenters. The molecule has 0 spiro atoms. The minimum Gasteiger partial charge on any atom is -0.611 e. The van der Waals surface area contributed by atoms with Crippen LogP contribution in [0.2, 0.25) is 5.02 Å². The molecule has 1 aromatic carbocycles. The number of benzene rings is 1. The third-order valence-electron chi connectivity index (χ3n) is 1.94. The number of rotatable bonds is 4. The van der Waals surface area contributed by atoms with Crippen molar-refractivity contribution in [3.63, 3.8) is 0 Å². The highest BCUT2D eigenvalue weighted by atomic mass is 35.5. The monoisotopic (exact) mass is 262 g/mol. The molecule has 0 saturated carbocycles. The van der Waals surface area contributed by atoms with Gasteiger partial charge >= 0.3 is 5.69 Å². The molecule has 2 N–H and O–H groups in total. The van der Waals surface area contributed by atoms with Crippen LogP contribution < -0.4 is 5.73 Å². The molecule has 1 unspecified atom stereocenters. The van der Waals surface area contributed by atoms with Crippen LogP contribution in [-0.2, 0) is 11.2 Å². The smallest absolute Gasteiger partial charge is 0.347 e. The molecule has 0 radical (unpaired) electrons. The van der Waals surface area contributed by atoms with Crippen LogP contribution in [0.5, 0.6) is 0 Å². The lowest BCUT2D eigenvalue weighted by Crippen LogP contribution is -2.10. The fourth-order valence-electron chi connectivity index (χ4n) is 1.23. The maximum absolute atomic E-state index is 11.7. The first-order valence-corrected chi connectivity index (χ1v) is 6.29. The summed E-state index contributed by atoms with van der Waals surface area (Å²) in [5.41, 5.74) is 5.03. The summed E-state index contributed by atoms with van der Waals surface area (Å²) in [7, 11) is 0. The van der Waals surface area contributed by atoms with Crippen molar-refractivity contribution in [1.82, 2.24) is 0 Å². The minimum atomic E-state index is -1.41. The summed E-state index contributed by atoms with van der Waals surface area (Å²) in [5.74, 6) is 0.363. The van der Waals surface area contributed by atoms with E-state index in [0.717, 1.165) is 0 Å². The van der Waals surface area contributed by atoms with Crippen molar-refractivity contribution in [2.75, 3.05) is 11.5 Å². The molecule has 0 heterocycles. The maximum Gasteiger partial charge on any atom is 0.347 e. The van der Waals surface area contributed by atoms with E-state index in [-0.39, 0.29) is 21.3 Å². The average molecular weight is 263 g/mol. The van der Waals surface area contributed by atoms with Crippen LogP contribution in [0, 0.1) is 10.1 Å². The van der Waals surface area contributed by atoms with Gasteiger partial charge in [-0.05, 0) is 23.7 Å². The number of halogens is 1. The van der Waals surface area contributed by atoms with Gasteiger partial charge in [-0.25, -0.2) is 0 Å². The second-order valence-corrected chi connectivity index (χ2v) is 5.06. The van der Waals surface area contributed by atoms with Gasteiger partial charge in [0.2, 0.25) is 4.90 Å². The summed E-state index contributed by atoms with van der Waals surface area (Å²) in [6, 6.07) is 2.81. The third kappa shape index (κ3) is 2.58. The van der Waals surface area contributed by atoms with Crippen molar-refractivity contribution in [2.24, 2.45) is 0 Å².